The van der Waals surface area contributed by atoms with Crippen LogP contribution in [0.1, 0.15) is 17.5 Å². The lowest BCUT2D eigenvalue weighted by atomic mass is 10.1. The van der Waals surface area contributed by atoms with E-state index in [1.807, 2.05) is 19.2 Å². The minimum atomic E-state index is 0.284. The Morgan fingerprint density at radius 2 is 2.33 bits per heavy atom. The van der Waals surface area contributed by atoms with Crippen molar-refractivity contribution in [1.82, 2.24) is 4.90 Å². The number of nitrogen functional groups attached to an aromatic ring is 1. The van der Waals surface area contributed by atoms with Crippen molar-refractivity contribution in [2.75, 3.05) is 26.1 Å². The Kier molecular flexibility index (Phi) is 4.03. The summed E-state index contributed by atoms with van der Waals surface area (Å²) in [6.07, 6.45) is 0.519. The number of anilines is 1. The molecular weight excluding hydrogens is 230 g/mol. The number of benzene rings is 1. The standard InChI is InChI=1S/C13H17N3O2/c1-16(4-2-3-14)7-10-5-12(15)6-11-8-17-9-18-13(10)11/h5-6H,2,4,7-9,15H2,1H3. The normalized spacial score (nSPS) is 13.8. The first kappa shape index (κ1) is 12.7. The number of ether oxygens (including phenoxy) is 2. The van der Waals surface area contributed by atoms with E-state index in [1.54, 1.807) is 0 Å². The van der Waals surface area contributed by atoms with Crippen LogP contribution < -0.4 is 10.5 Å². The molecule has 0 fully saturated rings. The van der Waals surface area contributed by atoms with Crippen molar-refractivity contribution in [2.45, 2.75) is 19.6 Å². The van der Waals surface area contributed by atoms with Crippen molar-refractivity contribution in [3.8, 4) is 11.8 Å². The van der Waals surface area contributed by atoms with E-state index in [1.165, 1.54) is 0 Å². The van der Waals surface area contributed by atoms with Gasteiger partial charge in [0.2, 0.25) is 0 Å². The van der Waals surface area contributed by atoms with E-state index in [0.717, 1.165) is 30.0 Å². The van der Waals surface area contributed by atoms with Crippen molar-refractivity contribution in [3.63, 3.8) is 0 Å². The number of hydrogen-bond donors (Lipinski definition) is 1. The minimum Gasteiger partial charge on any atom is -0.467 e. The van der Waals surface area contributed by atoms with Crippen LogP contribution in [0, 0.1) is 11.3 Å². The Morgan fingerprint density at radius 1 is 1.50 bits per heavy atom. The summed E-state index contributed by atoms with van der Waals surface area (Å²) in [5.41, 5.74) is 8.63. The van der Waals surface area contributed by atoms with Gasteiger partial charge in [0, 0.05) is 36.3 Å². The molecule has 0 atom stereocenters. The molecule has 18 heavy (non-hydrogen) atoms. The fourth-order valence-electron chi connectivity index (χ4n) is 2.05. The van der Waals surface area contributed by atoms with Gasteiger partial charge in [-0.05, 0) is 19.2 Å². The van der Waals surface area contributed by atoms with Crippen molar-refractivity contribution in [1.29, 1.82) is 5.26 Å². The molecule has 2 N–H and O–H groups in total. The highest BCUT2D eigenvalue weighted by Crippen LogP contribution is 2.31. The highest BCUT2D eigenvalue weighted by Gasteiger charge is 2.16. The maximum atomic E-state index is 8.58. The first-order valence-electron chi connectivity index (χ1n) is 5.88. The van der Waals surface area contributed by atoms with Gasteiger partial charge in [-0.3, -0.25) is 0 Å². The third-order valence-electron chi connectivity index (χ3n) is 2.85. The quantitative estimate of drug-likeness (QED) is 0.816. The number of rotatable bonds is 4. The maximum Gasteiger partial charge on any atom is 0.189 e. The second kappa shape index (κ2) is 5.71. The van der Waals surface area contributed by atoms with E-state index in [4.69, 9.17) is 20.5 Å². The lowest BCUT2D eigenvalue weighted by Crippen LogP contribution is -2.21. The number of nitrogens with two attached hydrogens (primary N) is 1. The molecular formula is C13H17N3O2. The van der Waals surface area contributed by atoms with Gasteiger partial charge in [-0.1, -0.05) is 0 Å². The lowest BCUT2D eigenvalue weighted by Gasteiger charge is -2.23. The molecule has 0 saturated carbocycles. The first-order chi connectivity index (χ1) is 8.70. The zero-order valence-corrected chi connectivity index (χ0v) is 10.5. The van der Waals surface area contributed by atoms with Crippen LogP contribution in [-0.2, 0) is 17.9 Å². The van der Waals surface area contributed by atoms with E-state index in [9.17, 15) is 0 Å². The van der Waals surface area contributed by atoms with E-state index in [2.05, 4.69) is 11.0 Å². The fraction of sp³-hybridized carbons (Fsp3) is 0.462. The van der Waals surface area contributed by atoms with Gasteiger partial charge in [-0.2, -0.15) is 5.26 Å². The molecule has 1 aliphatic rings. The summed E-state index contributed by atoms with van der Waals surface area (Å²) >= 11 is 0. The van der Waals surface area contributed by atoms with Gasteiger partial charge in [0.25, 0.3) is 0 Å². The Bertz CT molecular complexity index is 468. The van der Waals surface area contributed by atoms with Crippen molar-refractivity contribution in [2.24, 2.45) is 0 Å². The summed E-state index contributed by atoms with van der Waals surface area (Å²) < 4.78 is 10.8. The topological polar surface area (TPSA) is 71.5 Å². The van der Waals surface area contributed by atoms with Crippen LogP contribution in [0.5, 0.6) is 5.75 Å². The first-order valence-corrected chi connectivity index (χ1v) is 5.88. The molecule has 96 valence electrons. The van der Waals surface area contributed by atoms with Gasteiger partial charge in [-0.25, -0.2) is 0 Å². The van der Waals surface area contributed by atoms with Crippen LogP contribution in [0.2, 0.25) is 0 Å². The highest BCUT2D eigenvalue weighted by atomic mass is 16.7. The van der Waals surface area contributed by atoms with E-state index in [-0.39, 0.29) is 6.79 Å². The average molecular weight is 247 g/mol. The van der Waals surface area contributed by atoms with Gasteiger partial charge in [-0.15, -0.1) is 0 Å². The summed E-state index contributed by atoms with van der Waals surface area (Å²) in [5, 5.41) is 8.58. The Morgan fingerprint density at radius 3 is 3.11 bits per heavy atom. The summed E-state index contributed by atoms with van der Waals surface area (Å²) in [7, 11) is 1.98. The molecule has 0 radical (unpaired) electrons. The number of nitrogens with zero attached hydrogens (tertiary/aromatic N) is 2. The van der Waals surface area contributed by atoms with Gasteiger partial charge in [0.1, 0.15) is 5.75 Å². The molecule has 2 rings (SSSR count). The fourth-order valence-corrected chi connectivity index (χ4v) is 2.05. The molecule has 0 spiro atoms. The molecule has 1 aromatic carbocycles. The number of fused-ring (bicyclic) bond motifs is 1. The highest BCUT2D eigenvalue weighted by molar-refractivity contribution is 5.53. The lowest BCUT2D eigenvalue weighted by molar-refractivity contribution is -0.0173. The van der Waals surface area contributed by atoms with Crippen LogP contribution in [0.15, 0.2) is 12.1 Å². The smallest absolute Gasteiger partial charge is 0.189 e. The summed E-state index contributed by atoms with van der Waals surface area (Å²) in [4.78, 5) is 2.08. The largest absolute Gasteiger partial charge is 0.467 e. The molecule has 5 nitrogen and oxygen atoms in total. The molecule has 0 bridgehead atoms. The van der Waals surface area contributed by atoms with Crippen LogP contribution >= 0.6 is 0 Å². The van der Waals surface area contributed by atoms with Gasteiger partial charge in [0.05, 0.1) is 12.7 Å². The van der Waals surface area contributed by atoms with Crippen molar-refractivity contribution in [3.05, 3.63) is 23.3 Å². The molecule has 0 unspecified atom stereocenters. The van der Waals surface area contributed by atoms with Crippen molar-refractivity contribution < 1.29 is 9.47 Å². The zero-order valence-electron chi connectivity index (χ0n) is 10.5. The SMILES string of the molecule is CN(CCC#N)Cc1cc(N)cc2c1OCOC2. The summed E-state index contributed by atoms with van der Waals surface area (Å²) in [5.74, 6) is 0.874. The summed E-state index contributed by atoms with van der Waals surface area (Å²) in [6, 6.07) is 5.95. The molecule has 1 heterocycles. The van der Waals surface area contributed by atoms with E-state index < -0.39 is 0 Å². The average Bonchev–Trinajstić information content (AvgIpc) is 2.36. The molecule has 1 aromatic rings. The monoisotopic (exact) mass is 247 g/mol. The van der Waals surface area contributed by atoms with Crippen LogP contribution in [-0.4, -0.2) is 25.3 Å². The predicted octanol–water partition coefficient (Wildman–Crippen LogP) is 1.48. The van der Waals surface area contributed by atoms with E-state index in [0.29, 0.717) is 18.7 Å². The van der Waals surface area contributed by atoms with Crippen molar-refractivity contribution >= 4 is 5.69 Å². The molecule has 1 aliphatic heterocycles. The predicted molar refractivity (Wildman–Crippen MR) is 67.7 cm³/mol. The minimum absolute atomic E-state index is 0.284. The Hall–Kier alpha value is -1.77. The molecule has 0 amide bonds. The number of nitriles is 1. The van der Waals surface area contributed by atoms with Gasteiger partial charge >= 0.3 is 0 Å². The van der Waals surface area contributed by atoms with Crippen LogP contribution in [0.4, 0.5) is 5.69 Å². The summed E-state index contributed by atoms with van der Waals surface area (Å²) in [6.45, 7) is 2.27. The van der Waals surface area contributed by atoms with E-state index >= 15 is 0 Å². The number of hydrogen-bond acceptors (Lipinski definition) is 5. The third-order valence-corrected chi connectivity index (χ3v) is 2.85. The Labute approximate surface area is 107 Å². The van der Waals surface area contributed by atoms with Crippen LogP contribution in [0.25, 0.3) is 0 Å². The van der Waals surface area contributed by atoms with Gasteiger partial charge < -0.3 is 20.1 Å². The molecule has 0 saturated heterocycles. The molecule has 5 heteroatoms. The second-order valence-corrected chi connectivity index (χ2v) is 4.42. The van der Waals surface area contributed by atoms with Crippen LogP contribution in [0.3, 0.4) is 0 Å². The molecule has 0 aliphatic carbocycles. The molecule has 0 aromatic heterocycles. The maximum absolute atomic E-state index is 8.58. The zero-order chi connectivity index (χ0) is 13.0. The second-order valence-electron chi connectivity index (χ2n) is 4.42. The van der Waals surface area contributed by atoms with Gasteiger partial charge in [0.15, 0.2) is 6.79 Å². The third kappa shape index (κ3) is 2.92. The Balaban J connectivity index is 2.16.